The number of hydrogen-bond donors (Lipinski definition) is 0. The van der Waals surface area contributed by atoms with E-state index in [2.05, 4.69) is 16.0 Å². The van der Waals surface area contributed by atoms with Gasteiger partial charge in [-0.05, 0) is 36.4 Å². The molecule has 6 heteroatoms. The molecule has 132 valence electrons. The van der Waals surface area contributed by atoms with Gasteiger partial charge in [-0.3, -0.25) is 9.78 Å². The van der Waals surface area contributed by atoms with Crippen molar-refractivity contribution < 1.29 is 9.53 Å². The molecule has 1 atom stereocenters. The fourth-order valence-corrected chi connectivity index (χ4v) is 4.58. The summed E-state index contributed by atoms with van der Waals surface area (Å²) in [4.78, 5) is 21.4. The second-order valence-corrected chi connectivity index (χ2v) is 7.81. The van der Waals surface area contributed by atoms with Crippen molar-refractivity contribution in [2.24, 2.45) is 5.41 Å². The molecule has 0 aliphatic carbocycles. The lowest BCUT2D eigenvalue weighted by atomic mass is 9.80. The van der Waals surface area contributed by atoms with E-state index in [1.807, 2.05) is 34.0 Å². The average molecular weight is 357 g/mol. The lowest BCUT2D eigenvalue weighted by Gasteiger charge is -2.43. The third kappa shape index (κ3) is 3.55. The highest BCUT2D eigenvalue weighted by Gasteiger charge is 2.40. The first-order chi connectivity index (χ1) is 12.3. The van der Waals surface area contributed by atoms with E-state index in [1.54, 1.807) is 17.5 Å². The zero-order valence-electron chi connectivity index (χ0n) is 14.3. The predicted octanol–water partition coefficient (Wildman–Crippen LogP) is 2.90. The Hall–Kier alpha value is -1.92. The Morgan fingerprint density at radius 2 is 2.24 bits per heavy atom. The van der Waals surface area contributed by atoms with Gasteiger partial charge in [0.1, 0.15) is 0 Å². The Balaban J connectivity index is 1.53. The molecule has 0 bridgehead atoms. The summed E-state index contributed by atoms with van der Waals surface area (Å²) in [6.45, 7) is 4.81. The number of pyridine rings is 1. The molecule has 0 radical (unpaired) electrons. The van der Waals surface area contributed by atoms with Gasteiger partial charge in [0.2, 0.25) is 0 Å². The van der Waals surface area contributed by atoms with Gasteiger partial charge in [-0.25, -0.2) is 0 Å². The van der Waals surface area contributed by atoms with Crippen molar-refractivity contribution in [3.05, 3.63) is 46.9 Å². The predicted molar refractivity (Wildman–Crippen MR) is 99.2 cm³/mol. The maximum absolute atomic E-state index is 12.8. The number of anilines is 1. The van der Waals surface area contributed by atoms with E-state index in [0.717, 1.165) is 63.5 Å². The lowest BCUT2D eigenvalue weighted by Crippen LogP contribution is -2.52. The number of nitrogens with zero attached hydrogens (tertiary/aromatic N) is 3. The first kappa shape index (κ1) is 16.5. The second kappa shape index (κ2) is 7.14. The van der Waals surface area contributed by atoms with Crippen molar-refractivity contribution in [2.75, 3.05) is 44.3 Å². The van der Waals surface area contributed by atoms with Gasteiger partial charge in [-0.15, -0.1) is 0 Å². The van der Waals surface area contributed by atoms with Crippen LogP contribution in [0.4, 0.5) is 5.69 Å². The summed E-state index contributed by atoms with van der Waals surface area (Å²) >= 11 is 1.57. The molecule has 0 aromatic carbocycles. The third-order valence-electron chi connectivity index (χ3n) is 5.17. The van der Waals surface area contributed by atoms with Gasteiger partial charge in [-0.1, -0.05) is 0 Å². The molecule has 25 heavy (non-hydrogen) atoms. The van der Waals surface area contributed by atoms with E-state index in [0.29, 0.717) is 0 Å². The summed E-state index contributed by atoms with van der Waals surface area (Å²) in [7, 11) is 0. The van der Waals surface area contributed by atoms with Gasteiger partial charge >= 0.3 is 0 Å². The topological polar surface area (TPSA) is 45.7 Å². The molecule has 2 fully saturated rings. The van der Waals surface area contributed by atoms with Gasteiger partial charge < -0.3 is 14.5 Å². The minimum atomic E-state index is -0.00370. The maximum Gasteiger partial charge on any atom is 0.254 e. The first-order valence-electron chi connectivity index (χ1n) is 8.80. The van der Waals surface area contributed by atoms with Crippen LogP contribution in [0.15, 0.2) is 41.4 Å². The molecule has 4 rings (SSSR count). The van der Waals surface area contributed by atoms with Crippen LogP contribution in [0.3, 0.4) is 0 Å². The summed E-state index contributed by atoms with van der Waals surface area (Å²) < 4.78 is 5.96. The molecule has 1 unspecified atom stereocenters. The molecule has 1 amide bonds. The number of amides is 1. The number of carbonyl (C=O) groups excluding carboxylic acids is 1. The largest absolute Gasteiger partial charge is 0.379 e. The fraction of sp³-hybridized carbons (Fsp3) is 0.474. The molecule has 5 nitrogen and oxygen atoms in total. The Morgan fingerprint density at radius 1 is 1.28 bits per heavy atom. The highest BCUT2D eigenvalue weighted by Crippen LogP contribution is 2.35. The van der Waals surface area contributed by atoms with Crippen LogP contribution in [0.25, 0.3) is 0 Å². The number of likely N-dealkylation sites (tertiary alicyclic amines) is 1. The van der Waals surface area contributed by atoms with Gasteiger partial charge in [0.25, 0.3) is 5.91 Å². The first-order valence-corrected chi connectivity index (χ1v) is 9.74. The average Bonchev–Trinajstić information content (AvgIpc) is 3.12. The maximum atomic E-state index is 12.8. The highest BCUT2D eigenvalue weighted by molar-refractivity contribution is 7.08. The summed E-state index contributed by atoms with van der Waals surface area (Å²) in [5.74, 6) is 0.150. The van der Waals surface area contributed by atoms with Crippen LogP contribution in [-0.4, -0.2) is 55.2 Å². The minimum Gasteiger partial charge on any atom is -0.379 e. The number of hydrogen-bond acceptors (Lipinski definition) is 5. The number of ether oxygens (including phenoxy) is 1. The molecule has 2 aliphatic heterocycles. The smallest absolute Gasteiger partial charge is 0.254 e. The van der Waals surface area contributed by atoms with Crippen molar-refractivity contribution in [3.8, 4) is 0 Å². The zero-order valence-corrected chi connectivity index (χ0v) is 15.1. The number of aromatic nitrogens is 1. The van der Waals surface area contributed by atoms with E-state index in [9.17, 15) is 4.79 Å². The van der Waals surface area contributed by atoms with Crippen molar-refractivity contribution in [1.29, 1.82) is 0 Å². The van der Waals surface area contributed by atoms with Crippen LogP contribution in [0.1, 0.15) is 23.2 Å². The monoisotopic (exact) mass is 357 g/mol. The lowest BCUT2D eigenvalue weighted by molar-refractivity contribution is 0.0135. The van der Waals surface area contributed by atoms with Crippen LogP contribution in [0.5, 0.6) is 0 Å². The van der Waals surface area contributed by atoms with Gasteiger partial charge in [0.15, 0.2) is 0 Å². The Kier molecular flexibility index (Phi) is 4.72. The van der Waals surface area contributed by atoms with Crippen LogP contribution < -0.4 is 4.90 Å². The normalized spacial score (nSPS) is 24.3. The van der Waals surface area contributed by atoms with E-state index in [1.165, 1.54) is 0 Å². The van der Waals surface area contributed by atoms with Crippen LogP contribution >= 0.6 is 11.3 Å². The molecular weight excluding hydrogens is 334 g/mol. The van der Waals surface area contributed by atoms with Crippen molar-refractivity contribution in [1.82, 2.24) is 9.88 Å². The van der Waals surface area contributed by atoms with E-state index >= 15 is 0 Å². The summed E-state index contributed by atoms with van der Waals surface area (Å²) in [5.41, 5.74) is 1.94. The van der Waals surface area contributed by atoms with Gasteiger partial charge in [0, 0.05) is 43.2 Å². The number of rotatable bonds is 2. The molecule has 4 heterocycles. The minimum absolute atomic E-state index is 0.00370. The van der Waals surface area contributed by atoms with E-state index < -0.39 is 0 Å². The summed E-state index contributed by atoms with van der Waals surface area (Å²) in [6.07, 6.45) is 5.84. The quantitative estimate of drug-likeness (QED) is 0.829. The molecule has 0 N–H and O–H groups in total. The molecule has 2 saturated heterocycles. The molecular formula is C19H23N3O2S. The van der Waals surface area contributed by atoms with Crippen molar-refractivity contribution in [3.63, 3.8) is 0 Å². The summed E-state index contributed by atoms with van der Waals surface area (Å²) in [6, 6.07) is 5.99. The van der Waals surface area contributed by atoms with Gasteiger partial charge in [0.05, 0.1) is 30.7 Å². The number of thiophene rings is 1. The third-order valence-corrected chi connectivity index (χ3v) is 5.85. The number of piperidine rings is 1. The number of carbonyl (C=O) groups is 1. The zero-order chi connectivity index (χ0) is 17.1. The molecule has 2 aliphatic rings. The van der Waals surface area contributed by atoms with Crippen molar-refractivity contribution in [2.45, 2.75) is 12.8 Å². The van der Waals surface area contributed by atoms with Crippen LogP contribution in [-0.2, 0) is 4.74 Å². The SMILES string of the molecule is O=C(c1ccsc1)N1CCCC2(COCCN(c3cccnc3)C2)C1. The Labute approximate surface area is 152 Å². The Bertz CT molecular complexity index is 707. The molecule has 2 aromatic rings. The van der Waals surface area contributed by atoms with Crippen LogP contribution in [0.2, 0.25) is 0 Å². The van der Waals surface area contributed by atoms with E-state index in [-0.39, 0.29) is 11.3 Å². The molecule has 0 saturated carbocycles. The van der Waals surface area contributed by atoms with Crippen molar-refractivity contribution >= 4 is 22.9 Å². The second-order valence-electron chi connectivity index (χ2n) is 7.03. The standard InChI is InChI=1S/C19H23N3O2S/c23-18(16-4-10-25-12-16)22-7-2-5-19(14-22)13-21(8-9-24-15-19)17-3-1-6-20-11-17/h1,3-4,6,10-12H,2,5,7-9,13-15H2. The summed E-state index contributed by atoms with van der Waals surface area (Å²) in [5, 5.41) is 3.90. The highest BCUT2D eigenvalue weighted by atomic mass is 32.1. The Morgan fingerprint density at radius 3 is 3.04 bits per heavy atom. The molecule has 1 spiro atoms. The van der Waals surface area contributed by atoms with Gasteiger partial charge in [-0.2, -0.15) is 11.3 Å². The molecule has 2 aromatic heterocycles. The van der Waals surface area contributed by atoms with Crippen LogP contribution in [0, 0.1) is 5.41 Å². The van der Waals surface area contributed by atoms with E-state index in [4.69, 9.17) is 4.74 Å². The fourth-order valence-electron chi connectivity index (χ4n) is 3.95.